The molecular formula is C25H21FN4O. The number of H-pyrrole nitrogens is 1. The van der Waals surface area contributed by atoms with E-state index in [0.29, 0.717) is 23.6 Å². The Balaban J connectivity index is 1.45. The highest BCUT2D eigenvalue weighted by Gasteiger charge is 2.16. The van der Waals surface area contributed by atoms with Crippen LogP contribution in [-0.4, -0.2) is 15.0 Å². The van der Waals surface area contributed by atoms with Gasteiger partial charge in [0, 0.05) is 10.9 Å². The van der Waals surface area contributed by atoms with Crippen LogP contribution < -0.4 is 10.1 Å². The van der Waals surface area contributed by atoms with E-state index >= 15 is 0 Å². The summed E-state index contributed by atoms with van der Waals surface area (Å²) in [7, 11) is 0. The van der Waals surface area contributed by atoms with Crippen LogP contribution in [0.1, 0.15) is 24.1 Å². The van der Waals surface area contributed by atoms with Crippen LogP contribution in [0, 0.1) is 5.82 Å². The normalized spacial score (nSPS) is 12.2. The molecule has 5 aromatic rings. The SMILES string of the molecule is C[C@@H](Nc1ncnc2[nH]c3cc(F)ccc3c12)c1ccccc1OCc1ccccc1. The summed E-state index contributed by atoms with van der Waals surface area (Å²) in [5, 5.41) is 5.20. The van der Waals surface area contributed by atoms with Crippen LogP contribution in [0.5, 0.6) is 5.75 Å². The molecule has 0 spiro atoms. The molecule has 5 rings (SSSR count). The second-order valence-corrected chi connectivity index (χ2v) is 7.44. The molecule has 3 aromatic carbocycles. The number of hydrogen-bond acceptors (Lipinski definition) is 4. The van der Waals surface area contributed by atoms with Crippen molar-refractivity contribution in [2.45, 2.75) is 19.6 Å². The minimum atomic E-state index is -0.292. The number of para-hydroxylation sites is 1. The zero-order chi connectivity index (χ0) is 21.2. The molecule has 0 fully saturated rings. The fourth-order valence-electron chi connectivity index (χ4n) is 3.80. The van der Waals surface area contributed by atoms with E-state index < -0.39 is 0 Å². The fraction of sp³-hybridized carbons (Fsp3) is 0.120. The van der Waals surface area contributed by atoms with Crippen LogP contribution in [-0.2, 0) is 6.61 Å². The first-order chi connectivity index (χ1) is 15.2. The maximum Gasteiger partial charge on any atom is 0.143 e. The first-order valence-electron chi connectivity index (χ1n) is 10.1. The monoisotopic (exact) mass is 412 g/mol. The number of anilines is 1. The van der Waals surface area contributed by atoms with Crippen molar-refractivity contribution in [1.29, 1.82) is 0 Å². The summed E-state index contributed by atoms with van der Waals surface area (Å²) in [6.07, 6.45) is 1.50. The topological polar surface area (TPSA) is 62.8 Å². The average Bonchev–Trinajstić information content (AvgIpc) is 3.17. The number of rotatable bonds is 6. The highest BCUT2D eigenvalue weighted by molar-refractivity contribution is 6.11. The quantitative estimate of drug-likeness (QED) is 0.359. The zero-order valence-electron chi connectivity index (χ0n) is 17.0. The molecule has 1 atom stereocenters. The number of nitrogens with zero attached hydrogens (tertiary/aromatic N) is 2. The minimum Gasteiger partial charge on any atom is -0.489 e. The van der Waals surface area contributed by atoms with Crippen molar-refractivity contribution in [3.8, 4) is 5.75 Å². The molecule has 0 unspecified atom stereocenters. The number of aromatic nitrogens is 3. The third kappa shape index (κ3) is 3.80. The smallest absolute Gasteiger partial charge is 0.143 e. The molecule has 0 amide bonds. The summed E-state index contributed by atoms with van der Waals surface area (Å²) in [5.41, 5.74) is 3.49. The Morgan fingerprint density at radius 1 is 1.00 bits per heavy atom. The van der Waals surface area contributed by atoms with Gasteiger partial charge in [-0.15, -0.1) is 0 Å². The van der Waals surface area contributed by atoms with Crippen LogP contribution in [0.4, 0.5) is 10.2 Å². The van der Waals surface area contributed by atoms with Crippen LogP contribution in [0.15, 0.2) is 79.1 Å². The highest BCUT2D eigenvalue weighted by atomic mass is 19.1. The van der Waals surface area contributed by atoms with E-state index in [-0.39, 0.29) is 11.9 Å². The number of ether oxygens (including phenoxy) is 1. The van der Waals surface area contributed by atoms with Gasteiger partial charge in [0.15, 0.2) is 0 Å². The van der Waals surface area contributed by atoms with E-state index in [1.54, 1.807) is 6.07 Å². The van der Waals surface area contributed by atoms with Crippen molar-refractivity contribution >= 4 is 27.8 Å². The van der Waals surface area contributed by atoms with Crippen molar-refractivity contribution in [1.82, 2.24) is 15.0 Å². The molecule has 2 N–H and O–H groups in total. The van der Waals surface area contributed by atoms with Gasteiger partial charge in [0.05, 0.1) is 16.9 Å². The van der Waals surface area contributed by atoms with Crippen LogP contribution in [0.3, 0.4) is 0 Å². The Hall–Kier alpha value is -3.93. The Kier molecular flexibility index (Phi) is 4.96. The molecule has 0 saturated carbocycles. The third-order valence-electron chi connectivity index (χ3n) is 5.33. The van der Waals surface area contributed by atoms with Gasteiger partial charge in [-0.2, -0.15) is 0 Å². The molecule has 0 aliphatic carbocycles. The predicted molar refractivity (Wildman–Crippen MR) is 121 cm³/mol. The molecule has 2 heterocycles. The van der Waals surface area contributed by atoms with E-state index in [4.69, 9.17) is 4.74 Å². The minimum absolute atomic E-state index is 0.0736. The summed E-state index contributed by atoms with van der Waals surface area (Å²) in [4.78, 5) is 11.9. The molecular weight excluding hydrogens is 391 g/mol. The van der Waals surface area contributed by atoms with Crippen molar-refractivity contribution in [2.24, 2.45) is 0 Å². The Morgan fingerprint density at radius 3 is 2.68 bits per heavy atom. The first-order valence-corrected chi connectivity index (χ1v) is 10.1. The predicted octanol–water partition coefficient (Wildman–Crippen LogP) is 6.00. The zero-order valence-corrected chi connectivity index (χ0v) is 17.0. The van der Waals surface area contributed by atoms with E-state index in [2.05, 4.69) is 27.2 Å². The number of hydrogen-bond donors (Lipinski definition) is 2. The largest absolute Gasteiger partial charge is 0.489 e. The average molecular weight is 412 g/mol. The van der Waals surface area contributed by atoms with Gasteiger partial charge in [-0.3, -0.25) is 0 Å². The van der Waals surface area contributed by atoms with Crippen molar-refractivity contribution in [2.75, 3.05) is 5.32 Å². The van der Waals surface area contributed by atoms with E-state index in [9.17, 15) is 4.39 Å². The lowest BCUT2D eigenvalue weighted by Crippen LogP contribution is -2.10. The van der Waals surface area contributed by atoms with E-state index in [0.717, 1.165) is 27.6 Å². The number of nitrogens with one attached hydrogen (secondary N) is 2. The standard InChI is InChI=1S/C25H21FN4O/c1-16(19-9-5-6-10-22(19)31-14-17-7-3-2-4-8-17)29-24-23-20-12-11-18(26)13-21(20)30-25(23)28-15-27-24/h2-13,15-16H,14H2,1H3,(H2,27,28,29,30)/t16-/m1/s1. The van der Waals surface area contributed by atoms with Crippen LogP contribution in [0.2, 0.25) is 0 Å². The summed E-state index contributed by atoms with van der Waals surface area (Å²) in [5.74, 6) is 1.21. The molecule has 31 heavy (non-hydrogen) atoms. The lowest BCUT2D eigenvalue weighted by Gasteiger charge is -2.19. The number of aromatic amines is 1. The van der Waals surface area contributed by atoms with Gasteiger partial charge < -0.3 is 15.0 Å². The molecule has 0 radical (unpaired) electrons. The van der Waals surface area contributed by atoms with Gasteiger partial charge in [-0.05, 0) is 36.8 Å². The van der Waals surface area contributed by atoms with Gasteiger partial charge in [0.25, 0.3) is 0 Å². The molecule has 0 aliphatic heterocycles. The van der Waals surface area contributed by atoms with Gasteiger partial charge in [0.2, 0.25) is 0 Å². The summed E-state index contributed by atoms with van der Waals surface area (Å²) < 4.78 is 19.8. The summed E-state index contributed by atoms with van der Waals surface area (Å²) in [6.45, 7) is 2.56. The van der Waals surface area contributed by atoms with Crippen molar-refractivity contribution in [3.05, 3.63) is 96.1 Å². The van der Waals surface area contributed by atoms with Gasteiger partial charge in [-0.25, -0.2) is 14.4 Å². The van der Waals surface area contributed by atoms with Crippen molar-refractivity contribution < 1.29 is 9.13 Å². The Morgan fingerprint density at radius 2 is 1.81 bits per heavy atom. The van der Waals surface area contributed by atoms with E-state index in [1.807, 2.05) is 54.6 Å². The van der Waals surface area contributed by atoms with Crippen LogP contribution in [0.25, 0.3) is 21.9 Å². The molecule has 0 saturated heterocycles. The third-order valence-corrected chi connectivity index (χ3v) is 5.33. The van der Waals surface area contributed by atoms with Gasteiger partial charge in [0.1, 0.15) is 36.0 Å². The van der Waals surface area contributed by atoms with Crippen LogP contribution >= 0.6 is 0 Å². The maximum atomic E-state index is 13.7. The van der Waals surface area contributed by atoms with E-state index in [1.165, 1.54) is 18.5 Å². The highest BCUT2D eigenvalue weighted by Crippen LogP contribution is 2.33. The number of benzene rings is 3. The number of fused-ring (bicyclic) bond motifs is 3. The fourth-order valence-corrected chi connectivity index (χ4v) is 3.80. The summed E-state index contributed by atoms with van der Waals surface area (Å²) in [6, 6.07) is 22.6. The summed E-state index contributed by atoms with van der Waals surface area (Å²) >= 11 is 0. The molecule has 0 aliphatic rings. The lowest BCUT2D eigenvalue weighted by atomic mass is 10.1. The van der Waals surface area contributed by atoms with Gasteiger partial charge in [-0.1, -0.05) is 48.5 Å². The van der Waals surface area contributed by atoms with Gasteiger partial charge >= 0.3 is 0 Å². The maximum absolute atomic E-state index is 13.7. The molecule has 154 valence electrons. The molecule has 2 aromatic heterocycles. The van der Waals surface area contributed by atoms with Crippen molar-refractivity contribution in [3.63, 3.8) is 0 Å². The second kappa shape index (κ2) is 8.07. The second-order valence-electron chi connectivity index (χ2n) is 7.44. The first kappa shape index (κ1) is 19.1. The molecule has 0 bridgehead atoms. The lowest BCUT2D eigenvalue weighted by molar-refractivity contribution is 0.302. The Labute approximate surface area is 178 Å². The Bertz CT molecular complexity index is 1350. The molecule has 6 heteroatoms. The molecule has 5 nitrogen and oxygen atoms in total. The number of halogens is 1.